The van der Waals surface area contributed by atoms with Crippen LogP contribution in [0.2, 0.25) is 0 Å². The molecule has 0 bridgehead atoms. The molecule has 1 aromatic rings. The van der Waals surface area contributed by atoms with Crippen LogP contribution in [-0.2, 0) is 9.84 Å². The molecule has 0 aliphatic heterocycles. The Morgan fingerprint density at radius 1 is 1.50 bits per heavy atom. The smallest absolute Gasteiger partial charge is 0.149 e. The van der Waals surface area contributed by atoms with Crippen molar-refractivity contribution in [3.63, 3.8) is 0 Å². The van der Waals surface area contributed by atoms with Crippen LogP contribution in [-0.4, -0.2) is 37.7 Å². The molecule has 1 aromatic heterocycles. The summed E-state index contributed by atoms with van der Waals surface area (Å²) in [6, 6.07) is 3.69. The molecule has 1 N–H and O–H groups in total. The average molecular weight is 260 g/mol. The van der Waals surface area contributed by atoms with E-state index in [4.69, 9.17) is 0 Å². The molecule has 0 aromatic carbocycles. The van der Waals surface area contributed by atoms with Gasteiger partial charge in [0.25, 0.3) is 0 Å². The second-order valence-electron chi connectivity index (χ2n) is 3.73. The molecule has 6 heteroatoms. The third-order valence-electron chi connectivity index (χ3n) is 1.91. The van der Waals surface area contributed by atoms with Crippen molar-refractivity contribution in [2.24, 2.45) is 0 Å². The van der Waals surface area contributed by atoms with Crippen LogP contribution in [0.25, 0.3) is 0 Å². The number of sulfone groups is 1. The summed E-state index contributed by atoms with van der Waals surface area (Å²) in [6.45, 7) is 1.84. The number of hydrogen-bond donors (Lipinski definition) is 1. The minimum absolute atomic E-state index is 0.114. The van der Waals surface area contributed by atoms with Crippen molar-refractivity contribution in [2.45, 2.75) is 18.0 Å². The first-order valence-corrected chi connectivity index (χ1v) is 8.13. The zero-order valence-electron chi connectivity index (χ0n) is 9.60. The number of thioether (sulfide) groups is 1. The third-order valence-corrected chi connectivity index (χ3v) is 3.68. The van der Waals surface area contributed by atoms with Crippen molar-refractivity contribution in [1.82, 2.24) is 4.98 Å². The quantitative estimate of drug-likeness (QED) is 0.816. The van der Waals surface area contributed by atoms with Gasteiger partial charge in [-0.25, -0.2) is 13.4 Å². The van der Waals surface area contributed by atoms with Gasteiger partial charge in [0.05, 0.1) is 22.7 Å². The SMILES string of the molecule is CSc1ccc(NC(C)CS(C)(=O)=O)cn1. The van der Waals surface area contributed by atoms with Crippen molar-refractivity contribution < 1.29 is 8.42 Å². The summed E-state index contributed by atoms with van der Waals surface area (Å²) >= 11 is 1.57. The van der Waals surface area contributed by atoms with Gasteiger partial charge in [-0.2, -0.15) is 0 Å². The summed E-state index contributed by atoms with van der Waals surface area (Å²) in [7, 11) is -2.94. The number of anilines is 1. The lowest BCUT2D eigenvalue weighted by Gasteiger charge is -2.13. The van der Waals surface area contributed by atoms with Crippen LogP contribution in [0.5, 0.6) is 0 Å². The number of nitrogens with one attached hydrogen (secondary N) is 1. The van der Waals surface area contributed by atoms with Gasteiger partial charge in [-0.3, -0.25) is 0 Å². The molecule has 1 rings (SSSR count). The number of nitrogens with zero attached hydrogens (tertiary/aromatic N) is 1. The number of pyridine rings is 1. The molecule has 1 heterocycles. The molecule has 0 amide bonds. The standard InChI is InChI=1S/C10H16N2O2S2/c1-8(7-16(3,13)14)12-9-4-5-10(15-2)11-6-9/h4-6,8,12H,7H2,1-3H3. The van der Waals surface area contributed by atoms with Gasteiger partial charge in [0.1, 0.15) is 9.84 Å². The first-order valence-electron chi connectivity index (χ1n) is 4.85. The molecule has 16 heavy (non-hydrogen) atoms. The average Bonchev–Trinajstić information content (AvgIpc) is 2.16. The third kappa shape index (κ3) is 4.85. The predicted molar refractivity (Wildman–Crippen MR) is 68.8 cm³/mol. The van der Waals surface area contributed by atoms with Gasteiger partial charge in [-0.15, -0.1) is 11.8 Å². The van der Waals surface area contributed by atoms with Crippen LogP contribution < -0.4 is 5.32 Å². The van der Waals surface area contributed by atoms with Crippen molar-refractivity contribution in [1.29, 1.82) is 0 Å². The number of hydrogen-bond acceptors (Lipinski definition) is 5. The zero-order chi connectivity index (χ0) is 12.2. The molecular formula is C10H16N2O2S2. The minimum Gasteiger partial charge on any atom is -0.380 e. The molecule has 0 aliphatic carbocycles. The van der Waals surface area contributed by atoms with E-state index in [1.807, 2.05) is 25.3 Å². The summed E-state index contributed by atoms with van der Waals surface area (Å²) in [4.78, 5) is 4.20. The Hall–Kier alpha value is -0.750. The van der Waals surface area contributed by atoms with Crippen molar-refractivity contribution in [2.75, 3.05) is 23.6 Å². The zero-order valence-corrected chi connectivity index (χ0v) is 11.2. The van der Waals surface area contributed by atoms with Crippen LogP contribution >= 0.6 is 11.8 Å². The Balaban J connectivity index is 2.59. The molecule has 1 atom stereocenters. The molecule has 0 radical (unpaired) electrons. The first kappa shape index (κ1) is 13.3. The molecule has 0 spiro atoms. The summed E-state index contributed by atoms with van der Waals surface area (Å²) in [6.07, 6.45) is 4.91. The Labute approximate surface area is 101 Å². The van der Waals surface area contributed by atoms with Crippen LogP contribution in [0.4, 0.5) is 5.69 Å². The Kier molecular flexibility index (Phi) is 4.61. The highest BCUT2D eigenvalue weighted by molar-refractivity contribution is 7.98. The van der Waals surface area contributed by atoms with E-state index >= 15 is 0 Å². The fourth-order valence-corrected chi connectivity index (χ4v) is 2.72. The van der Waals surface area contributed by atoms with Crippen molar-refractivity contribution >= 4 is 27.3 Å². The molecule has 0 saturated heterocycles. The lowest BCUT2D eigenvalue weighted by atomic mass is 10.3. The van der Waals surface area contributed by atoms with Crippen LogP contribution in [0, 0.1) is 0 Å². The van der Waals surface area contributed by atoms with E-state index < -0.39 is 9.84 Å². The van der Waals surface area contributed by atoms with E-state index in [9.17, 15) is 8.42 Å². The summed E-state index contributed by atoms with van der Waals surface area (Å²) in [5.41, 5.74) is 0.842. The minimum atomic E-state index is -2.94. The van der Waals surface area contributed by atoms with Gasteiger partial charge in [0.15, 0.2) is 0 Å². The topological polar surface area (TPSA) is 59.1 Å². The van der Waals surface area contributed by atoms with Crippen molar-refractivity contribution in [3.05, 3.63) is 18.3 Å². The van der Waals surface area contributed by atoms with Crippen molar-refractivity contribution in [3.8, 4) is 0 Å². The van der Waals surface area contributed by atoms with Gasteiger partial charge < -0.3 is 5.32 Å². The Morgan fingerprint density at radius 3 is 2.62 bits per heavy atom. The lowest BCUT2D eigenvalue weighted by molar-refractivity contribution is 0.598. The highest BCUT2D eigenvalue weighted by Gasteiger charge is 2.10. The molecular weight excluding hydrogens is 244 g/mol. The van der Waals surface area contributed by atoms with E-state index in [0.29, 0.717) is 0 Å². The second-order valence-corrected chi connectivity index (χ2v) is 6.74. The predicted octanol–water partition coefficient (Wildman–Crippen LogP) is 1.65. The van der Waals surface area contributed by atoms with Gasteiger partial charge in [0.2, 0.25) is 0 Å². The number of aromatic nitrogens is 1. The molecule has 4 nitrogen and oxygen atoms in total. The maximum absolute atomic E-state index is 11.1. The summed E-state index contributed by atoms with van der Waals surface area (Å²) in [5.74, 6) is 0.122. The van der Waals surface area contributed by atoms with Crippen LogP contribution in [0.1, 0.15) is 6.92 Å². The summed E-state index contributed by atoms with van der Waals surface area (Å²) < 4.78 is 22.1. The largest absolute Gasteiger partial charge is 0.380 e. The Morgan fingerprint density at radius 2 is 2.19 bits per heavy atom. The molecule has 0 fully saturated rings. The lowest BCUT2D eigenvalue weighted by Crippen LogP contribution is -2.24. The van der Waals surface area contributed by atoms with E-state index in [2.05, 4.69) is 10.3 Å². The first-order chi connectivity index (χ1) is 7.40. The summed E-state index contributed by atoms with van der Waals surface area (Å²) in [5, 5.41) is 4.04. The molecule has 0 aliphatic rings. The van der Waals surface area contributed by atoms with Gasteiger partial charge in [-0.05, 0) is 25.3 Å². The van der Waals surface area contributed by atoms with Crippen LogP contribution in [0.15, 0.2) is 23.4 Å². The number of rotatable bonds is 5. The van der Waals surface area contributed by atoms with Gasteiger partial charge in [-0.1, -0.05) is 0 Å². The van der Waals surface area contributed by atoms with E-state index in [1.54, 1.807) is 18.0 Å². The fraction of sp³-hybridized carbons (Fsp3) is 0.500. The van der Waals surface area contributed by atoms with Gasteiger partial charge >= 0.3 is 0 Å². The molecule has 1 unspecified atom stereocenters. The van der Waals surface area contributed by atoms with Gasteiger partial charge in [0, 0.05) is 12.3 Å². The Bertz CT molecular complexity index is 429. The maximum atomic E-state index is 11.1. The highest BCUT2D eigenvalue weighted by atomic mass is 32.2. The maximum Gasteiger partial charge on any atom is 0.149 e. The fourth-order valence-electron chi connectivity index (χ4n) is 1.37. The highest BCUT2D eigenvalue weighted by Crippen LogP contribution is 2.14. The van der Waals surface area contributed by atoms with Crippen LogP contribution in [0.3, 0.4) is 0 Å². The van der Waals surface area contributed by atoms with E-state index in [1.165, 1.54) is 6.26 Å². The monoisotopic (exact) mass is 260 g/mol. The molecule has 90 valence electrons. The molecule has 0 saturated carbocycles. The normalized spacial score (nSPS) is 13.4. The van der Waals surface area contributed by atoms with E-state index in [-0.39, 0.29) is 11.8 Å². The second kappa shape index (κ2) is 5.54. The van der Waals surface area contributed by atoms with E-state index in [0.717, 1.165) is 10.7 Å².